The van der Waals surface area contributed by atoms with Crippen LogP contribution >= 0.6 is 0 Å². The van der Waals surface area contributed by atoms with Crippen molar-refractivity contribution in [3.63, 3.8) is 0 Å². The van der Waals surface area contributed by atoms with Crippen LogP contribution in [0.25, 0.3) is 5.82 Å². The summed E-state index contributed by atoms with van der Waals surface area (Å²) in [5, 5.41) is 16.2. The highest BCUT2D eigenvalue weighted by Crippen LogP contribution is 2.29. The Balaban J connectivity index is 2.02. The van der Waals surface area contributed by atoms with Gasteiger partial charge in [0.2, 0.25) is 0 Å². The Morgan fingerprint density at radius 1 is 1.18 bits per heavy atom. The number of aromatic nitrogens is 3. The van der Waals surface area contributed by atoms with Crippen molar-refractivity contribution < 1.29 is 5.11 Å². The minimum absolute atomic E-state index is 0.0941. The lowest BCUT2D eigenvalue weighted by Gasteiger charge is -2.32. The molecule has 0 atom stereocenters. The number of aliphatic imine (C=N–C) groups is 1. The molecule has 2 aromatic rings. The summed E-state index contributed by atoms with van der Waals surface area (Å²) < 4.78 is 1.95. The van der Waals surface area contributed by atoms with E-state index >= 15 is 0 Å². The highest BCUT2D eigenvalue weighted by molar-refractivity contribution is 5.79. The molecule has 7 heteroatoms. The molecule has 0 radical (unpaired) electrons. The van der Waals surface area contributed by atoms with Crippen LogP contribution in [0.2, 0.25) is 0 Å². The first-order valence-electron chi connectivity index (χ1n) is 10.2. The molecular formula is C21H34N6O. The summed E-state index contributed by atoms with van der Waals surface area (Å²) in [4.78, 5) is 13.5. The number of imidazole rings is 1. The van der Waals surface area contributed by atoms with E-state index < -0.39 is 0 Å². The average Bonchev–Trinajstić information content (AvgIpc) is 3.15. The van der Waals surface area contributed by atoms with E-state index in [1.807, 2.05) is 36.0 Å². The molecule has 0 saturated heterocycles. The van der Waals surface area contributed by atoms with Crippen molar-refractivity contribution in [3.8, 4) is 5.82 Å². The summed E-state index contributed by atoms with van der Waals surface area (Å²) in [7, 11) is 0. The Labute approximate surface area is 168 Å². The van der Waals surface area contributed by atoms with Gasteiger partial charge in [-0.2, -0.15) is 0 Å². The van der Waals surface area contributed by atoms with Gasteiger partial charge in [0.25, 0.3) is 0 Å². The molecule has 0 aliphatic heterocycles. The van der Waals surface area contributed by atoms with Gasteiger partial charge in [-0.3, -0.25) is 4.57 Å². The van der Waals surface area contributed by atoms with Crippen molar-refractivity contribution in [1.29, 1.82) is 0 Å². The van der Waals surface area contributed by atoms with Crippen molar-refractivity contribution in [2.24, 2.45) is 10.4 Å². The van der Waals surface area contributed by atoms with Gasteiger partial charge in [-0.25, -0.2) is 15.0 Å². The fourth-order valence-corrected chi connectivity index (χ4v) is 3.24. The lowest BCUT2D eigenvalue weighted by Crippen LogP contribution is -2.43. The molecule has 0 saturated carbocycles. The minimum atomic E-state index is 0.0941. The Morgan fingerprint density at radius 3 is 2.50 bits per heavy atom. The van der Waals surface area contributed by atoms with Crippen LogP contribution < -0.4 is 10.6 Å². The van der Waals surface area contributed by atoms with Crippen LogP contribution in [-0.2, 0) is 6.54 Å². The monoisotopic (exact) mass is 386 g/mol. The number of nitrogens with zero attached hydrogens (tertiary/aromatic N) is 4. The molecule has 7 nitrogen and oxygen atoms in total. The molecule has 0 fully saturated rings. The van der Waals surface area contributed by atoms with E-state index in [0.717, 1.165) is 55.5 Å². The van der Waals surface area contributed by atoms with Gasteiger partial charge in [-0.15, -0.1) is 0 Å². The first kappa shape index (κ1) is 21.9. The minimum Gasteiger partial charge on any atom is -0.396 e. The van der Waals surface area contributed by atoms with Crippen molar-refractivity contribution in [2.45, 2.75) is 53.5 Å². The van der Waals surface area contributed by atoms with E-state index in [4.69, 9.17) is 4.99 Å². The molecule has 2 rings (SSSR count). The Morgan fingerprint density at radius 2 is 1.96 bits per heavy atom. The zero-order valence-electron chi connectivity index (χ0n) is 17.6. The topological polar surface area (TPSA) is 87.4 Å². The number of aliphatic hydroxyl groups is 1. The van der Waals surface area contributed by atoms with E-state index in [9.17, 15) is 5.11 Å². The van der Waals surface area contributed by atoms with Crippen LogP contribution in [0.4, 0.5) is 0 Å². The Hall–Kier alpha value is -2.41. The van der Waals surface area contributed by atoms with Gasteiger partial charge in [0.1, 0.15) is 11.6 Å². The number of nitrogens with one attached hydrogen (secondary N) is 2. The first-order valence-corrected chi connectivity index (χ1v) is 10.2. The normalized spacial score (nSPS) is 12.2. The number of aryl methyl sites for hydroxylation is 1. The third-order valence-corrected chi connectivity index (χ3v) is 5.42. The fourth-order valence-electron chi connectivity index (χ4n) is 3.24. The van der Waals surface area contributed by atoms with Gasteiger partial charge in [0, 0.05) is 38.3 Å². The predicted octanol–water partition coefficient (Wildman–Crippen LogP) is 2.82. The van der Waals surface area contributed by atoms with Gasteiger partial charge < -0.3 is 15.7 Å². The summed E-state index contributed by atoms with van der Waals surface area (Å²) in [6, 6.07) is 4.03. The Bertz CT molecular complexity index is 734. The van der Waals surface area contributed by atoms with Crippen LogP contribution in [0.1, 0.15) is 51.4 Å². The van der Waals surface area contributed by atoms with Gasteiger partial charge in [-0.05, 0) is 50.2 Å². The van der Waals surface area contributed by atoms with E-state index in [-0.39, 0.29) is 12.0 Å². The zero-order chi connectivity index (χ0) is 20.4. The van der Waals surface area contributed by atoms with Crippen LogP contribution in [-0.4, -0.2) is 45.3 Å². The third kappa shape index (κ3) is 5.79. The number of pyridine rings is 1. The van der Waals surface area contributed by atoms with Crippen LogP contribution in [0.3, 0.4) is 0 Å². The maximum atomic E-state index is 9.41. The van der Waals surface area contributed by atoms with Gasteiger partial charge >= 0.3 is 0 Å². The summed E-state index contributed by atoms with van der Waals surface area (Å²) >= 11 is 0. The van der Waals surface area contributed by atoms with Gasteiger partial charge in [-0.1, -0.05) is 19.9 Å². The van der Waals surface area contributed by atoms with Gasteiger partial charge in [0.15, 0.2) is 5.96 Å². The SMILES string of the molecule is CCNC(=NCc1ccc(-n2ccnc2C)nc1)NCC(CC)(CC)CCO. The van der Waals surface area contributed by atoms with Crippen molar-refractivity contribution in [2.75, 3.05) is 19.7 Å². The van der Waals surface area contributed by atoms with E-state index in [2.05, 4.69) is 41.4 Å². The number of aliphatic hydroxyl groups excluding tert-OH is 1. The largest absolute Gasteiger partial charge is 0.396 e. The molecule has 0 unspecified atom stereocenters. The molecule has 0 aliphatic carbocycles. The second-order valence-corrected chi connectivity index (χ2v) is 7.10. The molecule has 2 aromatic heterocycles. The molecular weight excluding hydrogens is 352 g/mol. The highest BCUT2D eigenvalue weighted by Gasteiger charge is 2.25. The van der Waals surface area contributed by atoms with Crippen LogP contribution in [0.5, 0.6) is 0 Å². The average molecular weight is 387 g/mol. The number of hydrogen-bond acceptors (Lipinski definition) is 4. The summed E-state index contributed by atoms with van der Waals surface area (Å²) in [6.45, 7) is 10.7. The maximum absolute atomic E-state index is 9.41. The number of rotatable bonds is 10. The van der Waals surface area contributed by atoms with Crippen molar-refractivity contribution in [3.05, 3.63) is 42.1 Å². The smallest absolute Gasteiger partial charge is 0.191 e. The number of guanidine groups is 1. The molecule has 28 heavy (non-hydrogen) atoms. The molecule has 0 bridgehead atoms. The number of hydrogen-bond donors (Lipinski definition) is 3. The maximum Gasteiger partial charge on any atom is 0.191 e. The summed E-state index contributed by atoms with van der Waals surface area (Å²) in [6.07, 6.45) is 8.38. The quantitative estimate of drug-likeness (QED) is 0.432. The van der Waals surface area contributed by atoms with E-state index in [1.165, 1.54) is 0 Å². The second kappa shape index (κ2) is 10.8. The molecule has 0 aromatic carbocycles. The van der Waals surface area contributed by atoms with E-state index in [0.29, 0.717) is 6.54 Å². The standard InChI is InChI=1S/C21H34N6O/c1-5-21(6-2,10-13-28)16-26-20(22-7-3)25-15-18-8-9-19(24-14-18)27-12-11-23-17(27)4/h8-9,11-12,14,28H,5-7,10,13,15-16H2,1-4H3,(H2,22,25,26). The Kier molecular flexibility index (Phi) is 8.44. The lowest BCUT2D eigenvalue weighted by atomic mass is 9.79. The first-order chi connectivity index (χ1) is 13.6. The predicted molar refractivity (Wildman–Crippen MR) is 114 cm³/mol. The molecule has 154 valence electrons. The second-order valence-electron chi connectivity index (χ2n) is 7.10. The van der Waals surface area contributed by atoms with E-state index in [1.54, 1.807) is 6.20 Å². The summed E-state index contributed by atoms with van der Waals surface area (Å²) in [5.74, 6) is 2.56. The lowest BCUT2D eigenvalue weighted by molar-refractivity contribution is 0.169. The molecule has 3 N–H and O–H groups in total. The fraction of sp³-hybridized carbons (Fsp3) is 0.571. The van der Waals surface area contributed by atoms with Crippen molar-refractivity contribution in [1.82, 2.24) is 25.2 Å². The third-order valence-electron chi connectivity index (χ3n) is 5.42. The van der Waals surface area contributed by atoms with Crippen LogP contribution in [0.15, 0.2) is 35.7 Å². The zero-order valence-corrected chi connectivity index (χ0v) is 17.6. The molecule has 0 amide bonds. The molecule has 0 spiro atoms. The highest BCUT2D eigenvalue weighted by atomic mass is 16.3. The summed E-state index contributed by atoms with van der Waals surface area (Å²) in [5.41, 5.74) is 1.14. The molecule has 0 aliphatic rings. The van der Waals surface area contributed by atoms with Crippen molar-refractivity contribution >= 4 is 5.96 Å². The molecule has 2 heterocycles. The van der Waals surface area contributed by atoms with Crippen LogP contribution in [0, 0.1) is 12.3 Å². The van der Waals surface area contributed by atoms with Gasteiger partial charge in [0.05, 0.1) is 6.54 Å².